The van der Waals surface area contributed by atoms with Crippen molar-refractivity contribution in [1.29, 1.82) is 0 Å². The molecule has 0 heterocycles. The van der Waals surface area contributed by atoms with Gasteiger partial charge in [-0.05, 0) is 39.6 Å². The van der Waals surface area contributed by atoms with Crippen LogP contribution in [-0.2, 0) is 31.2 Å². The van der Waals surface area contributed by atoms with Crippen LogP contribution in [0.25, 0.3) is 21.5 Å². The van der Waals surface area contributed by atoms with Gasteiger partial charge in [-0.25, -0.2) is 0 Å². The van der Waals surface area contributed by atoms with Gasteiger partial charge >= 0.3 is 70.2 Å². The van der Waals surface area contributed by atoms with E-state index in [9.17, 15) is 0 Å². The van der Waals surface area contributed by atoms with Crippen molar-refractivity contribution in [3.8, 4) is 0 Å². The van der Waals surface area contributed by atoms with Crippen LogP contribution in [0.4, 0.5) is 11.4 Å². The molecule has 0 fully saturated rings. The van der Waals surface area contributed by atoms with Crippen molar-refractivity contribution in [3.05, 3.63) is 84.9 Å². The Morgan fingerprint density at radius 2 is 0.900 bits per heavy atom. The van der Waals surface area contributed by atoms with Crippen molar-refractivity contribution in [2.45, 2.75) is 0 Å². The van der Waals surface area contributed by atoms with Crippen LogP contribution in [0, 0.1) is 12.1 Å². The van der Waals surface area contributed by atoms with Crippen LogP contribution in [0.2, 0.25) is 0 Å². The van der Waals surface area contributed by atoms with Gasteiger partial charge in [0, 0.05) is 0 Å². The normalized spacial score (nSPS) is 9.40. The maximum atomic E-state index is 3.26. The topological polar surface area (TPSA) is 6.48 Å². The van der Waals surface area contributed by atoms with E-state index in [2.05, 4.69) is 130 Å². The molecular formula is C24H24I2N2Pd2. The molecular weight excluding hydrogens is 783 g/mol. The van der Waals surface area contributed by atoms with Gasteiger partial charge in [-0.3, -0.25) is 0 Å². The molecule has 0 unspecified atom stereocenters. The Bertz CT molecular complexity index is 930. The van der Waals surface area contributed by atoms with Crippen molar-refractivity contribution in [2.75, 3.05) is 38.0 Å². The summed E-state index contributed by atoms with van der Waals surface area (Å²) in [6.07, 6.45) is 0. The van der Waals surface area contributed by atoms with Gasteiger partial charge in [0.2, 0.25) is 0 Å². The minimum atomic E-state index is 1.19. The molecule has 0 atom stereocenters. The number of hydrogen-bond acceptors (Lipinski definition) is 2. The average Bonchev–Trinajstić information content (AvgIpc) is 2.81. The summed E-state index contributed by atoms with van der Waals surface area (Å²) in [5, 5.41) is 4.87. The Kier molecular flexibility index (Phi) is 14.4. The molecule has 4 aromatic carbocycles. The Morgan fingerprint density at radius 1 is 0.567 bits per heavy atom. The van der Waals surface area contributed by atoms with Crippen LogP contribution >= 0.6 is 39.0 Å². The van der Waals surface area contributed by atoms with E-state index >= 15 is 0 Å². The Labute approximate surface area is 223 Å². The standard InChI is InChI=1S/2C12H12N.2HI.2Pd/c2*1-13(2)12-9-5-7-10-6-3-4-8-11(10)12;;;;/h2*3-7,9H,1-2H3;2*1H;;/q2*-1;;;2*+2/p-2. The van der Waals surface area contributed by atoms with Gasteiger partial charge in [-0.2, -0.15) is 0 Å². The summed E-state index contributed by atoms with van der Waals surface area (Å²) in [5.41, 5.74) is 2.44. The summed E-state index contributed by atoms with van der Waals surface area (Å²) in [4.78, 5) is 4.22. The summed E-state index contributed by atoms with van der Waals surface area (Å²) in [6.45, 7) is 0. The molecule has 0 amide bonds. The minimum absolute atomic E-state index is 1.19. The molecule has 164 valence electrons. The van der Waals surface area contributed by atoms with Crippen LogP contribution in [0.15, 0.2) is 72.8 Å². The van der Waals surface area contributed by atoms with Crippen molar-refractivity contribution < 1.29 is 31.2 Å². The molecule has 6 heteroatoms. The Balaban J connectivity index is 0.000000258. The van der Waals surface area contributed by atoms with Crippen LogP contribution in [0.5, 0.6) is 0 Å². The van der Waals surface area contributed by atoms with Crippen molar-refractivity contribution >= 4 is 71.9 Å². The molecule has 0 aliphatic rings. The van der Waals surface area contributed by atoms with Gasteiger partial charge in [0.25, 0.3) is 0 Å². The molecule has 0 bridgehead atoms. The number of anilines is 2. The first-order valence-corrected chi connectivity index (χ1v) is 18.2. The molecule has 4 aromatic rings. The number of nitrogens with zero attached hydrogens (tertiary/aromatic N) is 2. The van der Waals surface area contributed by atoms with Crippen LogP contribution in [0.3, 0.4) is 0 Å². The van der Waals surface area contributed by atoms with Crippen molar-refractivity contribution in [2.24, 2.45) is 0 Å². The fraction of sp³-hybridized carbons (Fsp3) is 0.167. The van der Waals surface area contributed by atoms with Gasteiger partial charge in [0.1, 0.15) is 0 Å². The maximum absolute atomic E-state index is 3.26. The van der Waals surface area contributed by atoms with E-state index in [4.69, 9.17) is 0 Å². The number of halogens is 2. The first-order valence-electron chi connectivity index (χ1n) is 8.95. The SMILES string of the molecule is CN(C)c1cccc2ccc[c-]c12.CN(C)c1cccc2ccc[c-]c12.[Pd+][I].[Pd+][I]. The van der Waals surface area contributed by atoms with Crippen LogP contribution in [0.1, 0.15) is 0 Å². The van der Waals surface area contributed by atoms with E-state index < -0.39 is 0 Å². The third kappa shape index (κ3) is 8.04. The molecule has 0 saturated carbocycles. The number of fused-ring (bicyclic) bond motifs is 2. The molecule has 0 saturated heterocycles. The summed E-state index contributed by atoms with van der Waals surface area (Å²) in [7, 11) is 8.20. The third-order valence-electron chi connectivity index (χ3n) is 4.31. The third-order valence-corrected chi connectivity index (χ3v) is 4.31. The molecule has 0 aromatic heterocycles. The zero-order valence-electron chi connectivity index (χ0n) is 17.2. The predicted octanol–water partition coefficient (Wildman–Crippen LogP) is 7.18. The molecule has 4 rings (SSSR count). The van der Waals surface area contributed by atoms with E-state index in [-0.39, 0.29) is 0 Å². The van der Waals surface area contributed by atoms with Crippen LogP contribution in [-0.4, -0.2) is 28.2 Å². The van der Waals surface area contributed by atoms with Gasteiger partial charge in [-0.1, -0.05) is 36.4 Å². The molecule has 0 aliphatic heterocycles. The van der Waals surface area contributed by atoms with Gasteiger partial charge < -0.3 is 9.80 Å². The summed E-state index contributed by atoms with van der Waals surface area (Å²) < 4.78 is 0. The quantitative estimate of drug-likeness (QED) is 0.121. The second-order valence-electron chi connectivity index (χ2n) is 6.61. The zero-order valence-corrected chi connectivity index (χ0v) is 24.6. The molecule has 0 spiro atoms. The fourth-order valence-electron chi connectivity index (χ4n) is 3.02. The second-order valence-corrected chi connectivity index (χ2v) is 6.61. The van der Waals surface area contributed by atoms with Gasteiger partial charge in [0.15, 0.2) is 0 Å². The molecule has 0 aliphatic carbocycles. The molecule has 2 nitrogen and oxygen atoms in total. The van der Waals surface area contributed by atoms with Crippen molar-refractivity contribution in [1.82, 2.24) is 0 Å². The first kappa shape index (κ1) is 27.8. The Morgan fingerprint density at radius 3 is 1.23 bits per heavy atom. The van der Waals surface area contributed by atoms with E-state index in [1.807, 2.05) is 63.3 Å². The number of rotatable bonds is 2. The number of benzene rings is 4. The van der Waals surface area contributed by atoms with Gasteiger partial charge in [-0.15, -0.1) is 70.1 Å². The van der Waals surface area contributed by atoms with Gasteiger partial charge in [0.05, 0.1) is 0 Å². The monoisotopic (exact) mass is 806 g/mol. The van der Waals surface area contributed by atoms with E-state index in [0.717, 1.165) is 0 Å². The molecule has 0 radical (unpaired) electrons. The second kappa shape index (κ2) is 15.6. The van der Waals surface area contributed by atoms with E-state index in [0.29, 0.717) is 0 Å². The Hall–Kier alpha value is -0.215. The average molecular weight is 807 g/mol. The van der Waals surface area contributed by atoms with E-state index in [1.165, 1.54) is 32.9 Å². The predicted molar refractivity (Wildman–Crippen MR) is 142 cm³/mol. The van der Waals surface area contributed by atoms with Crippen LogP contribution < -0.4 is 9.80 Å². The zero-order chi connectivity index (χ0) is 22.5. The molecule has 0 N–H and O–H groups in total. The fourth-order valence-corrected chi connectivity index (χ4v) is 3.02. The summed E-state index contributed by atoms with van der Waals surface area (Å²) >= 11 is 9.44. The number of hydrogen-bond donors (Lipinski definition) is 0. The molecule has 30 heavy (non-hydrogen) atoms. The van der Waals surface area contributed by atoms with E-state index in [1.54, 1.807) is 0 Å². The van der Waals surface area contributed by atoms with Crippen molar-refractivity contribution in [3.63, 3.8) is 0 Å². The summed E-state index contributed by atoms with van der Waals surface area (Å²) in [6, 6.07) is 31.3. The first-order chi connectivity index (χ1) is 14.6. The summed E-state index contributed by atoms with van der Waals surface area (Å²) in [5.74, 6) is 0.